The molecule has 1 aliphatic heterocycles. The summed E-state index contributed by atoms with van der Waals surface area (Å²) in [7, 11) is 0. The first-order valence-electron chi connectivity index (χ1n) is 8.48. The van der Waals surface area contributed by atoms with Crippen molar-refractivity contribution in [3.05, 3.63) is 35.0 Å². The fourth-order valence-corrected chi connectivity index (χ4v) is 3.39. The van der Waals surface area contributed by atoms with Gasteiger partial charge in [-0.25, -0.2) is 0 Å². The number of aromatic nitrogens is 3. The number of alkyl halides is 3. The molecule has 0 amide bonds. The first kappa shape index (κ1) is 18.7. The second-order valence-corrected chi connectivity index (χ2v) is 6.61. The van der Waals surface area contributed by atoms with Crippen molar-refractivity contribution in [2.75, 3.05) is 16.8 Å². The van der Waals surface area contributed by atoms with Crippen molar-refractivity contribution in [3.8, 4) is 0 Å². The molecule has 1 aromatic heterocycles. The van der Waals surface area contributed by atoms with Crippen molar-refractivity contribution in [2.45, 2.75) is 44.8 Å². The second-order valence-electron chi connectivity index (χ2n) is 6.21. The highest BCUT2D eigenvalue weighted by molar-refractivity contribution is 6.31. The van der Waals surface area contributed by atoms with Crippen LogP contribution >= 0.6 is 11.6 Å². The van der Waals surface area contributed by atoms with E-state index in [2.05, 4.69) is 32.3 Å². The maximum Gasteiger partial charge on any atom is 0.417 e. The highest BCUT2D eigenvalue weighted by Crippen LogP contribution is 2.36. The SMILES string of the molecule is CCC1CCCCN1c1cnnc(Nc2ccc(Cl)c(C(F)(F)F)c2)n1. The number of hydrogen-bond acceptors (Lipinski definition) is 5. The minimum Gasteiger partial charge on any atom is -0.352 e. The Bertz CT molecular complexity index is 768. The van der Waals surface area contributed by atoms with Gasteiger partial charge in [0.2, 0.25) is 5.95 Å². The van der Waals surface area contributed by atoms with E-state index in [4.69, 9.17) is 11.6 Å². The average Bonchev–Trinajstić information content (AvgIpc) is 2.62. The standard InChI is InChI=1S/C17H19ClF3N5/c1-2-12-5-3-4-8-26(12)15-10-22-25-16(24-15)23-11-6-7-14(18)13(9-11)17(19,20)21/h6-7,9-10,12H,2-5,8H2,1H3,(H,23,24,25). The van der Waals surface area contributed by atoms with Crippen LogP contribution in [0.3, 0.4) is 0 Å². The third kappa shape index (κ3) is 4.17. The van der Waals surface area contributed by atoms with Crippen molar-refractivity contribution < 1.29 is 13.2 Å². The molecule has 1 aliphatic rings. The fraction of sp³-hybridized carbons (Fsp3) is 0.471. The number of hydrogen-bond donors (Lipinski definition) is 1. The summed E-state index contributed by atoms with van der Waals surface area (Å²) in [6.45, 7) is 3.01. The van der Waals surface area contributed by atoms with E-state index in [1.807, 2.05) is 0 Å². The maximum atomic E-state index is 13.0. The van der Waals surface area contributed by atoms with Crippen molar-refractivity contribution in [1.29, 1.82) is 0 Å². The molecule has 1 unspecified atom stereocenters. The van der Waals surface area contributed by atoms with Crippen molar-refractivity contribution in [1.82, 2.24) is 15.2 Å². The quantitative estimate of drug-likeness (QED) is 0.797. The Morgan fingerprint density at radius 1 is 1.31 bits per heavy atom. The predicted octanol–water partition coefficient (Wildman–Crippen LogP) is 5.06. The van der Waals surface area contributed by atoms with Crippen LogP contribution in [0.15, 0.2) is 24.4 Å². The molecule has 1 saturated heterocycles. The molecular weight excluding hydrogens is 367 g/mol. The summed E-state index contributed by atoms with van der Waals surface area (Å²) >= 11 is 5.64. The Labute approximate surface area is 154 Å². The fourth-order valence-electron chi connectivity index (χ4n) is 3.16. The van der Waals surface area contributed by atoms with E-state index in [0.29, 0.717) is 11.9 Å². The van der Waals surface area contributed by atoms with Gasteiger partial charge < -0.3 is 10.2 Å². The average molecular weight is 386 g/mol. The molecule has 5 nitrogen and oxygen atoms in total. The number of halogens is 4. The zero-order chi connectivity index (χ0) is 18.7. The minimum absolute atomic E-state index is 0.151. The summed E-state index contributed by atoms with van der Waals surface area (Å²) in [4.78, 5) is 6.62. The van der Waals surface area contributed by atoms with Crippen LogP contribution in [-0.2, 0) is 6.18 Å². The number of rotatable bonds is 4. The van der Waals surface area contributed by atoms with Crippen LogP contribution < -0.4 is 10.2 Å². The Kier molecular flexibility index (Phi) is 5.50. The van der Waals surface area contributed by atoms with Crippen LogP contribution in [0.5, 0.6) is 0 Å². The van der Waals surface area contributed by atoms with Gasteiger partial charge in [0, 0.05) is 18.3 Å². The van der Waals surface area contributed by atoms with Crippen LogP contribution in [0.1, 0.15) is 38.2 Å². The van der Waals surface area contributed by atoms with Crippen LogP contribution in [0.2, 0.25) is 5.02 Å². The summed E-state index contributed by atoms with van der Waals surface area (Å²) in [6, 6.07) is 3.97. The van der Waals surface area contributed by atoms with Crippen LogP contribution in [0.25, 0.3) is 0 Å². The highest BCUT2D eigenvalue weighted by atomic mass is 35.5. The highest BCUT2D eigenvalue weighted by Gasteiger charge is 2.33. The van der Waals surface area contributed by atoms with Gasteiger partial charge in [0.25, 0.3) is 0 Å². The summed E-state index contributed by atoms with van der Waals surface area (Å²) in [5.41, 5.74) is -0.707. The summed E-state index contributed by atoms with van der Waals surface area (Å²) in [5.74, 6) is 0.831. The Morgan fingerprint density at radius 3 is 2.85 bits per heavy atom. The van der Waals surface area contributed by atoms with Crippen molar-refractivity contribution >= 4 is 29.1 Å². The summed E-state index contributed by atoms with van der Waals surface area (Å²) < 4.78 is 39.0. The van der Waals surface area contributed by atoms with Gasteiger partial charge >= 0.3 is 6.18 Å². The molecular formula is C17H19ClF3N5. The van der Waals surface area contributed by atoms with Gasteiger partial charge in [0.1, 0.15) is 0 Å². The number of nitrogens with zero attached hydrogens (tertiary/aromatic N) is 4. The normalized spacial score (nSPS) is 18.0. The number of nitrogens with one attached hydrogen (secondary N) is 1. The van der Waals surface area contributed by atoms with Gasteiger partial charge in [-0.3, -0.25) is 0 Å². The van der Waals surface area contributed by atoms with Gasteiger partial charge in [0.05, 0.1) is 16.8 Å². The zero-order valence-electron chi connectivity index (χ0n) is 14.2. The Balaban J connectivity index is 1.83. The number of anilines is 3. The maximum absolute atomic E-state index is 13.0. The van der Waals surface area contributed by atoms with Gasteiger partial charge in [-0.05, 0) is 43.9 Å². The van der Waals surface area contributed by atoms with E-state index in [1.165, 1.54) is 18.6 Å². The lowest BCUT2D eigenvalue weighted by Gasteiger charge is -2.35. The molecule has 0 aliphatic carbocycles. The lowest BCUT2D eigenvalue weighted by molar-refractivity contribution is -0.137. The molecule has 0 saturated carbocycles. The minimum atomic E-state index is -4.53. The Morgan fingerprint density at radius 2 is 2.12 bits per heavy atom. The van der Waals surface area contributed by atoms with Crippen molar-refractivity contribution in [2.24, 2.45) is 0 Å². The van der Waals surface area contributed by atoms with Gasteiger partial charge in [-0.15, -0.1) is 5.10 Å². The van der Waals surface area contributed by atoms with Gasteiger partial charge in [-0.1, -0.05) is 18.5 Å². The molecule has 0 spiro atoms. The van der Waals surface area contributed by atoms with Gasteiger partial charge in [0.15, 0.2) is 5.82 Å². The third-order valence-corrected chi connectivity index (χ3v) is 4.80. The van der Waals surface area contributed by atoms with Crippen LogP contribution in [0, 0.1) is 0 Å². The first-order valence-corrected chi connectivity index (χ1v) is 8.86. The molecule has 1 fully saturated rings. The number of piperidine rings is 1. The molecule has 2 heterocycles. The zero-order valence-corrected chi connectivity index (χ0v) is 15.0. The van der Waals surface area contributed by atoms with E-state index in [9.17, 15) is 13.2 Å². The smallest absolute Gasteiger partial charge is 0.352 e. The summed E-state index contributed by atoms with van der Waals surface area (Å²) in [6.07, 6.45) is 1.41. The molecule has 1 atom stereocenters. The monoisotopic (exact) mass is 385 g/mol. The van der Waals surface area contributed by atoms with E-state index >= 15 is 0 Å². The molecule has 2 aromatic rings. The lowest BCUT2D eigenvalue weighted by Crippen LogP contribution is -2.39. The second kappa shape index (κ2) is 7.65. The van der Waals surface area contributed by atoms with Gasteiger partial charge in [-0.2, -0.15) is 23.3 Å². The molecule has 140 valence electrons. The lowest BCUT2D eigenvalue weighted by atomic mass is 10.0. The predicted molar refractivity (Wildman–Crippen MR) is 94.8 cm³/mol. The van der Waals surface area contributed by atoms with E-state index in [-0.39, 0.29) is 16.7 Å². The van der Waals surface area contributed by atoms with Crippen LogP contribution in [-0.4, -0.2) is 27.8 Å². The third-order valence-electron chi connectivity index (χ3n) is 4.47. The topological polar surface area (TPSA) is 53.9 Å². The molecule has 9 heteroatoms. The summed E-state index contributed by atoms with van der Waals surface area (Å²) in [5, 5.41) is 10.3. The van der Waals surface area contributed by atoms with E-state index < -0.39 is 11.7 Å². The number of benzene rings is 1. The first-order chi connectivity index (χ1) is 12.4. The molecule has 3 rings (SSSR count). The van der Waals surface area contributed by atoms with Crippen LogP contribution in [0.4, 0.5) is 30.6 Å². The molecule has 1 aromatic carbocycles. The Hall–Kier alpha value is -2.09. The molecule has 1 N–H and O–H groups in total. The molecule has 0 bridgehead atoms. The molecule has 26 heavy (non-hydrogen) atoms. The van der Waals surface area contributed by atoms with E-state index in [0.717, 1.165) is 31.9 Å². The largest absolute Gasteiger partial charge is 0.417 e. The molecule has 0 radical (unpaired) electrons. The van der Waals surface area contributed by atoms with E-state index in [1.54, 1.807) is 6.20 Å². The van der Waals surface area contributed by atoms with Crippen molar-refractivity contribution in [3.63, 3.8) is 0 Å².